The van der Waals surface area contributed by atoms with E-state index in [-0.39, 0.29) is 5.82 Å². The summed E-state index contributed by atoms with van der Waals surface area (Å²) in [5.74, 6) is 0.299. The van der Waals surface area contributed by atoms with Crippen LogP contribution in [0.1, 0.15) is 11.5 Å². The smallest absolute Gasteiger partial charge is 0.149 e. The lowest BCUT2D eigenvalue weighted by molar-refractivity contribution is 0.635. The second-order valence-electron chi connectivity index (χ2n) is 3.38. The highest BCUT2D eigenvalue weighted by atomic mass is 19.1. The molecule has 1 heterocycles. The molecule has 0 bridgehead atoms. The Bertz CT molecular complexity index is 496. The first-order chi connectivity index (χ1) is 7.22. The molecule has 2 aromatic rings. The Hall–Kier alpha value is -1.55. The van der Waals surface area contributed by atoms with Gasteiger partial charge in [-0.3, -0.25) is 0 Å². The van der Waals surface area contributed by atoms with E-state index in [4.69, 9.17) is 0 Å². The Balaban J connectivity index is 2.74. The van der Waals surface area contributed by atoms with Crippen molar-refractivity contribution in [2.24, 2.45) is 0 Å². The third kappa shape index (κ3) is 1.80. The van der Waals surface area contributed by atoms with E-state index in [2.05, 4.69) is 15.3 Å². The first-order valence-electron chi connectivity index (χ1n) is 4.78. The number of halogens is 1. The normalized spacial score (nSPS) is 10.9. The molecule has 0 saturated carbocycles. The second-order valence-corrected chi connectivity index (χ2v) is 3.38. The number of fused-ring (bicyclic) bond motifs is 1. The van der Waals surface area contributed by atoms with Crippen LogP contribution in [-0.2, 0) is 6.54 Å². The van der Waals surface area contributed by atoms with Crippen LogP contribution in [0.15, 0.2) is 18.2 Å². The standard InChI is InChI=1S/C11H12FN3/c1-7-14-10(6-13-2)8-4-3-5-9(12)11(8)15-7/h3-5,13H,6H2,1-2H3. The van der Waals surface area contributed by atoms with Gasteiger partial charge in [-0.2, -0.15) is 0 Å². The molecule has 0 aliphatic rings. The van der Waals surface area contributed by atoms with E-state index < -0.39 is 0 Å². The fraction of sp³-hybridized carbons (Fsp3) is 0.273. The summed E-state index contributed by atoms with van der Waals surface area (Å²) in [5.41, 5.74) is 1.23. The predicted octanol–water partition coefficient (Wildman–Crippen LogP) is 1.80. The minimum Gasteiger partial charge on any atom is -0.314 e. The number of hydrogen-bond donors (Lipinski definition) is 1. The maximum atomic E-state index is 13.5. The maximum Gasteiger partial charge on any atom is 0.149 e. The molecule has 0 spiro atoms. The van der Waals surface area contributed by atoms with Gasteiger partial charge in [0.05, 0.1) is 5.69 Å². The van der Waals surface area contributed by atoms with Gasteiger partial charge in [0.1, 0.15) is 17.2 Å². The Morgan fingerprint density at radius 1 is 1.33 bits per heavy atom. The molecule has 1 aromatic carbocycles. The van der Waals surface area contributed by atoms with Crippen molar-refractivity contribution in [2.45, 2.75) is 13.5 Å². The molecule has 0 fully saturated rings. The molecule has 4 heteroatoms. The third-order valence-electron chi connectivity index (χ3n) is 2.21. The van der Waals surface area contributed by atoms with Gasteiger partial charge < -0.3 is 5.32 Å². The van der Waals surface area contributed by atoms with E-state index >= 15 is 0 Å². The summed E-state index contributed by atoms with van der Waals surface area (Å²) in [6.07, 6.45) is 0. The van der Waals surface area contributed by atoms with Crippen molar-refractivity contribution in [3.8, 4) is 0 Å². The molecule has 78 valence electrons. The number of aryl methyl sites for hydroxylation is 1. The van der Waals surface area contributed by atoms with Crippen LogP contribution in [0.4, 0.5) is 4.39 Å². The fourth-order valence-corrected chi connectivity index (χ4v) is 1.61. The van der Waals surface area contributed by atoms with E-state index in [0.717, 1.165) is 11.1 Å². The fourth-order valence-electron chi connectivity index (χ4n) is 1.61. The molecule has 3 nitrogen and oxygen atoms in total. The van der Waals surface area contributed by atoms with E-state index in [1.807, 2.05) is 13.1 Å². The highest BCUT2D eigenvalue weighted by molar-refractivity contribution is 5.81. The van der Waals surface area contributed by atoms with Crippen LogP contribution in [0.5, 0.6) is 0 Å². The van der Waals surface area contributed by atoms with E-state index in [1.165, 1.54) is 6.07 Å². The number of rotatable bonds is 2. The molecule has 0 atom stereocenters. The first kappa shape index (κ1) is 9.98. The van der Waals surface area contributed by atoms with E-state index in [9.17, 15) is 4.39 Å². The largest absolute Gasteiger partial charge is 0.314 e. The molecule has 0 aliphatic heterocycles. The monoisotopic (exact) mass is 205 g/mol. The molecule has 0 radical (unpaired) electrons. The SMILES string of the molecule is CNCc1nc(C)nc2c(F)cccc12. The van der Waals surface area contributed by atoms with Gasteiger partial charge in [0.25, 0.3) is 0 Å². The molecule has 0 amide bonds. The summed E-state index contributed by atoms with van der Waals surface area (Å²) in [6, 6.07) is 4.93. The summed E-state index contributed by atoms with van der Waals surface area (Å²) in [6.45, 7) is 2.38. The number of aromatic nitrogens is 2. The molecule has 0 saturated heterocycles. The van der Waals surface area contributed by atoms with Gasteiger partial charge in [-0.25, -0.2) is 14.4 Å². The van der Waals surface area contributed by atoms with Crippen molar-refractivity contribution in [3.05, 3.63) is 35.5 Å². The summed E-state index contributed by atoms with van der Waals surface area (Å²) < 4.78 is 13.5. The van der Waals surface area contributed by atoms with Gasteiger partial charge >= 0.3 is 0 Å². The average molecular weight is 205 g/mol. The molecule has 2 rings (SSSR count). The van der Waals surface area contributed by atoms with Crippen molar-refractivity contribution >= 4 is 10.9 Å². The molecule has 0 aliphatic carbocycles. The van der Waals surface area contributed by atoms with Gasteiger partial charge in [-0.1, -0.05) is 12.1 Å². The quantitative estimate of drug-likeness (QED) is 0.812. The summed E-state index contributed by atoms with van der Waals surface area (Å²) in [4.78, 5) is 8.40. The van der Waals surface area contributed by atoms with E-state index in [0.29, 0.717) is 17.9 Å². The first-order valence-corrected chi connectivity index (χ1v) is 4.78. The van der Waals surface area contributed by atoms with Crippen molar-refractivity contribution in [1.29, 1.82) is 0 Å². The summed E-state index contributed by atoms with van der Waals surface area (Å²) in [5, 5.41) is 3.78. The summed E-state index contributed by atoms with van der Waals surface area (Å²) >= 11 is 0. The van der Waals surface area contributed by atoms with Gasteiger partial charge in [-0.05, 0) is 20.0 Å². The van der Waals surface area contributed by atoms with Gasteiger partial charge in [0.15, 0.2) is 0 Å². The second kappa shape index (κ2) is 3.90. The Morgan fingerprint density at radius 3 is 2.87 bits per heavy atom. The molecule has 1 N–H and O–H groups in total. The Morgan fingerprint density at radius 2 is 2.13 bits per heavy atom. The van der Waals surface area contributed by atoms with Crippen molar-refractivity contribution in [3.63, 3.8) is 0 Å². The zero-order valence-electron chi connectivity index (χ0n) is 8.71. The van der Waals surface area contributed by atoms with Gasteiger partial charge in [-0.15, -0.1) is 0 Å². The lowest BCUT2D eigenvalue weighted by Gasteiger charge is -2.06. The number of para-hydroxylation sites is 1. The zero-order valence-corrected chi connectivity index (χ0v) is 8.71. The predicted molar refractivity (Wildman–Crippen MR) is 57.0 cm³/mol. The van der Waals surface area contributed by atoms with Crippen LogP contribution in [0.25, 0.3) is 10.9 Å². The average Bonchev–Trinajstić information content (AvgIpc) is 2.20. The zero-order chi connectivity index (χ0) is 10.8. The third-order valence-corrected chi connectivity index (χ3v) is 2.21. The molecular formula is C11H12FN3. The molecule has 1 aromatic heterocycles. The lowest BCUT2D eigenvalue weighted by atomic mass is 10.1. The van der Waals surface area contributed by atoms with Crippen LogP contribution in [-0.4, -0.2) is 17.0 Å². The molecular weight excluding hydrogens is 193 g/mol. The van der Waals surface area contributed by atoms with Crippen LogP contribution < -0.4 is 5.32 Å². The Labute approximate surface area is 87.4 Å². The minimum atomic E-state index is -0.296. The van der Waals surface area contributed by atoms with Crippen molar-refractivity contribution in [2.75, 3.05) is 7.05 Å². The molecule has 0 unspecified atom stereocenters. The van der Waals surface area contributed by atoms with Crippen LogP contribution in [0.2, 0.25) is 0 Å². The van der Waals surface area contributed by atoms with E-state index in [1.54, 1.807) is 13.0 Å². The highest BCUT2D eigenvalue weighted by Crippen LogP contribution is 2.18. The van der Waals surface area contributed by atoms with Crippen molar-refractivity contribution in [1.82, 2.24) is 15.3 Å². The topological polar surface area (TPSA) is 37.8 Å². The number of hydrogen-bond acceptors (Lipinski definition) is 3. The minimum absolute atomic E-state index is 0.296. The lowest BCUT2D eigenvalue weighted by Crippen LogP contribution is -2.09. The number of benzene rings is 1. The van der Waals surface area contributed by atoms with Crippen molar-refractivity contribution < 1.29 is 4.39 Å². The maximum absolute atomic E-state index is 13.5. The van der Waals surface area contributed by atoms with Crippen LogP contribution in [0.3, 0.4) is 0 Å². The van der Waals surface area contributed by atoms with Gasteiger partial charge in [0.2, 0.25) is 0 Å². The van der Waals surface area contributed by atoms with Crippen LogP contribution in [0, 0.1) is 12.7 Å². The van der Waals surface area contributed by atoms with Crippen LogP contribution >= 0.6 is 0 Å². The highest BCUT2D eigenvalue weighted by Gasteiger charge is 2.08. The Kier molecular flexibility index (Phi) is 2.60. The number of nitrogens with zero attached hydrogens (tertiary/aromatic N) is 2. The summed E-state index contributed by atoms with van der Waals surface area (Å²) in [7, 11) is 1.84. The van der Waals surface area contributed by atoms with Gasteiger partial charge in [0, 0.05) is 11.9 Å². The molecule has 15 heavy (non-hydrogen) atoms. The number of nitrogens with one attached hydrogen (secondary N) is 1.